The van der Waals surface area contributed by atoms with Crippen LogP contribution < -0.4 is 4.90 Å². The number of anilines is 1. The van der Waals surface area contributed by atoms with E-state index in [4.69, 9.17) is 4.74 Å². The Hall–Kier alpha value is -1.55. The van der Waals surface area contributed by atoms with Crippen LogP contribution in [0.2, 0.25) is 0 Å². The zero-order valence-corrected chi connectivity index (χ0v) is 11.6. The minimum absolute atomic E-state index is 0.803. The van der Waals surface area contributed by atoms with Crippen molar-refractivity contribution in [2.24, 2.45) is 7.05 Å². The predicted molar refractivity (Wildman–Crippen MR) is 75.2 cm³/mol. The van der Waals surface area contributed by atoms with Gasteiger partial charge in [-0.25, -0.2) is 4.98 Å². The lowest BCUT2D eigenvalue weighted by Crippen LogP contribution is -2.19. The van der Waals surface area contributed by atoms with E-state index < -0.39 is 0 Å². The van der Waals surface area contributed by atoms with Gasteiger partial charge < -0.3 is 14.2 Å². The van der Waals surface area contributed by atoms with Crippen molar-refractivity contribution in [2.45, 2.75) is 13.3 Å². The monoisotopic (exact) mass is 247 g/mol. The number of imidazole rings is 1. The number of aryl methyl sites for hydroxylation is 2. The summed E-state index contributed by atoms with van der Waals surface area (Å²) in [5, 5.41) is 0. The molecule has 0 aliphatic heterocycles. The van der Waals surface area contributed by atoms with E-state index in [0.29, 0.717) is 0 Å². The topological polar surface area (TPSA) is 30.3 Å². The van der Waals surface area contributed by atoms with Gasteiger partial charge in [-0.2, -0.15) is 0 Å². The normalized spacial score (nSPS) is 11.1. The van der Waals surface area contributed by atoms with Crippen LogP contribution in [-0.2, 0) is 11.8 Å². The van der Waals surface area contributed by atoms with Crippen LogP contribution >= 0.6 is 0 Å². The van der Waals surface area contributed by atoms with Gasteiger partial charge in [0.15, 0.2) is 0 Å². The third-order valence-corrected chi connectivity index (χ3v) is 3.37. The molecular formula is C14H21N3O. The molecule has 0 fully saturated rings. The molecule has 0 N–H and O–H groups in total. The quantitative estimate of drug-likeness (QED) is 0.760. The molecular weight excluding hydrogens is 226 g/mol. The molecule has 18 heavy (non-hydrogen) atoms. The van der Waals surface area contributed by atoms with Crippen LogP contribution in [0.5, 0.6) is 0 Å². The molecule has 0 aliphatic carbocycles. The van der Waals surface area contributed by atoms with Crippen LogP contribution in [0.25, 0.3) is 11.0 Å². The number of hydrogen-bond acceptors (Lipinski definition) is 3. The molecule has 0 spiro atoms. The van der Waals surface area contributed by atoms with Crippen LogP contribution in [0.4, 0.5) is 5.69 Å². The van der Waals surface area contributed by atoms with Gasteiger partial charge in [-0.05, 0) is 31.5 Å². The molecule has 1 heterocycles. The van der Waals surface area contributed by atoms with Gasteiger partial charge in [-0.3, -0.25) is 0 Å². The maximum absolute atomic E-state index is 5.08. The van der Waals surface area contributed by atoms with Gasteiger partial charge in [0.2, 0.25) is 0 Å². The summed E-state index contributed by atoms with van der Waals surface area (Å²) in [4.78, 5) is 6.76. The number of ether oxygens (including phenoxy) is 1. The summed E-state index contributed by atoms with van der Waals surface area (Å²) in [6, 6.07) is 6.41. The molecule has 1 aromatic heterocycles. The number of nitrogens with zero attached hydrogens (tertiary/aromatic N) is 3. The number of rotatable bonds is 5. The number of benzene rings is 1. The van der Waals surface area contributed by atoms with E-state index in [9.17, 15) is 0 Å². The summed E-state index contributed by atoms with van der Waals surface area (Å²) in [6.07, 6.45) is 1.04. The van der Waals surface area contributed by atoms with E-state index in [1.165, 1.54) is 11.2 Å². The first-order valence-corrected chi connectivity index (χ1v) is 6.26. The fraction of sp³-hybridized carbons (Fsp3) is 0.500. The van der Waals surface area contributed by atoms with Gasteiger partial charge >= 0.3 is 0 Å². The molecule has 0 radical (unpaired) electrons. The third kappa shape index (κ3) is 2.48. The molecule has 4 nitrogen and oxygen atoms in total. The van der Waals surface area contributed by atoms with E-state index >= 15 is 0 Å². The summed E-state index contributed by atoms with van der Waals surface area (Å²) >= 11 is 0. The highest BCUT2D eigenvalue weighted by Gasteiger charge is 2.07. The Morgan fingerprint density at radius 1 is 1.39 bits per heavy atom. The highest BCUT2D eigenvalue weighted by molar-refractivity contribution is 5.80. The Bertz CT molecular complexity index is 533. The molecule has 0 unspecified atom stereocenters. The Labute approximate surface area is 108 Å². The second kappa shape index (κ2) is 5.40. The molecule has 2 aromatic rings. The summed E-state index contributed by atoms with van der Waals surface area (Å²) < 4.78 is 7.21. The summed E-state index contributed by atoms with van der Waals surface area (Å²) in [5.41, 5.74) is 3.47. The maximum atomic E-state index is 5.08. The van der Waals surface area contributed by atoms with Crippen molar-refractivity contribution < 1.29 is 4.74 Å². The molecule has 0 saturated carbocycles. The maximum Gasteiger partial charge on any atom is 0.106 e. The van der Waals surface area contributed by atoms with Crippen LogP contribution in [0, 0.1) is 6.92 Å². The molecule has 0 bridgehead atoms. The van der Waals surface area contributed by atoms with Gasteiger partial charge in [0.1, 0.15) is 5.82 Å². The largest absolute Gasteiger partial charge is 0.385 e. The molecule has 98 valence electrons. The van der Waals surface area contributed by atoms with Gasteiger partial charge in [0.05, 0.1) is 11.0 Å². The number of fused-ring (bicyclic) bond motifs is 1. The van der Waals surface area contributed by atoms with Gasteiger partial charge in [-0.1, -0.05) is 0 Å². The first-order valence-electron chi connectivity index (χ1n) is 6.26. The average molecular weight is 247 g/mol. The zero-order chi connectivity index (χ0) is 13.1. The van der Waals surface area contributed by atoms with Crippen molar-refractivity contribution in [3.8, 4) is 0 Å². The van der Waals surface area contributed by atoms with Crippen molar-refractivity contribution in [3.05, 3.63) is 24.0 Å². The minimum atomic E-state index is 0.803. The summed E-state index contributed by atoms with van der Waals surface area (Å²) in [6.45, 7) is 3.83. The smallest absolute Gasteiger partial charge is 0.106 e. The second-order valence-corrected chi connectivity index (χ2v) is 4.66. The molecule has 4 heteroatoms. The van der Waals surface area contributed by atoms with Crippen LogP contribution in [-0.4, -0.2) is 36.9 Å². The van der Waals surface area contributed by atoms with Crippen LogP contribution in [0.1, 0.15) is 12.2 Å². The van der Waals surface area contributed by atoms with Crippen molar-refractivity contribution in [1.29, 1.82) is 0 Å². The Balaban J connectivity index is 2.21. The minimum Gasteiger partial charge on any atom is -0.385 e. The van der Waals surface area contributed by atoms with Gasteiger partial charge in [0.25, 0.3) is 0 Å². The first-order chi connectivity index (χ1) is 8.63. The zero-order valence-electron chi connectivity index (χ0n) is 11.6. The number of methoxy groups -OCH3 is 1. The van der Waals surface area contributed by atoms with E-state index in [1.807, 2.05) is 6.92 Å². The number of aromatic nitrogens is 2. The van der Waals surface area contributed by atoms with Gasteiger partial charge in [-0.15, -0.1) is 0 Å². The fourth-order valence-corrected chi connectivity index (χ4v) is 2.11. The summed E-state index contributed by atoms with van der Waals surface area (Å²) in [7, 11) is 5.91. The van der Waals surface area contributed by atoms with Crippen molar-refractivity contribution in [2.75, 3.05) is 32.2 Å². The molecule has 2 rings (SSSR count). The lowest BCUT2D eigenvalue weighted by molar-refractivity contribution is 0.196. The van der Waals surface area contributed by atoms with E-state index in [2.05, 4.69) is 46.7 Å². The van der Waals surface area contributed by atoms with Gasteiger partial charge in [0, 0.05) is 40.0 Å². The second-order valence-electron chi connectivity index (χ2n) is 4.66. The fourth-order valence-electron chi connectivity index (χ4n) is 2.11. The third-order valence-electron chi connectivity index (χ3n) is 3.37. The highest BCUT2D eigenvalue weighted by atomic mass is 16.5. The van der Waals surface area contributed by atoms with E-state index in [0.717, 1.165) is 30.9 Å². The average Bonchev–Trinajstić information content (AvgIpc) is 2.65. The highest BCUT2D eigenvalue weighted by Crippen LogP contribution is 2.21. The van der Waals surface area contributed by atoms with E-state index in [1.54, 1.807) is 7.11 Å². The first kappa shape index (κ1) is 12.9. The Kier molecular flexibility index (Phi) is 3.87. The lowest BCUT2D eigenvalue weighted by Gasteiger charge is -2.19. The molecule has 0 saturated heterocycles. The molecule has 0 aliphatic rings. The number of hydrogen-bond donors (Lipinski definition) is 0. The van der Waals surface area contributed by atoms with Crippen molar-refractivity contribution in [3.63, 3.8) is 0 Å². The van der Waals surface area contributed by atoms with Crippen molar-refractivity contribution in [1.82, 2.24) is 9.55 Å². The molecule has 1 aromatic carbocycles. The standard InChI is InChI=1S/C14H21N3O/c1-11-15-13-7-6-12(10-14(13)17(11)3)16(2)8-5-9-18-4/h6-7,10H,5,8-9H2,1-4H3. The van der Waals surface area contributed by atoms with Crippen LogP contribution in [0.15, 0.2) is 18.2 Å². The molecule has 0 amide bonds. The predicted octanol–water partition coefficient (Wildman–Crippen LogP) is 2.35. The Morgan fingerprint density at radius 3 is 2.89 bits per heavy atom. The SMILES string of the molecule is COCCCN(C)c1ccc2nc(C)n(C)c2c1. The molecule has 0 atom stereocenters. The lowest BCUT2D eigenvalue weighted by atomic mass is 10.2. The van der Waals surface area contributed by atoms with Crippen molar-refractivity contribution >= 4 is 16.7 Å². The Morgan fingerprint density at radius 2 is 2.17 bits per heavy atom. The van der Waals surface area contributed by atoms with Crippen LogP contribution in [0.3, 0.4) is 0 Å². The summed E-state index contributed by atoms with van der Waals surface area (Å²) in [5.74, 6) is 1.05. The van der Waals surface area contributed by atoms with E-state index in [-0.39, 0.29) is 0 Å².